The quantitative estimate of drug-likeness (QED) is 0.726. The van der Waals surface area contributed by atoms with Gasteiger partial charge >= 0.3 is 6.09 Å². The van der Waals surface area contributed by atoms with Gasteiger partial charge in [0, 0.05) is 17.3 Å². The molecular formula is C18H19N3O2S. The van der Waals surface area contributed by atoms with Gasteiger partial charge in [-0.15, -0.1) is 0 Å². The van der Waals surface area contributed by atoms with Crippen molar-refractivity contribution < 1.29 is 9.53 Å². The number of rotatable bonds is 1. The average molecular weight is 341 g/mol. The molecule has 1 aromatic heterocycles. The molecule has 0 fully saturated rings. The SMILES string of the molecule is C/C=C/c1ccc2c(c1)N(C(=O)OC(C)(C)C)c1nccnc1S2. The summed E-state index contributed by atoms with van der Waals surface area (Å²) in [5.74, 6) is 0.502. The largest absolute Gasteiger partial charge is 0.443 e. The van der Waals surface area contributed by atoms with Gasteiger partial charge in [0.25, 0.3) is 0 Å². The summed E-state index contributed by atoms with van der Waals surface area (Å²) in [5.41, 5.74) is 1.18. The van der Waals surface area contributed by atoms with E-state index in [-0.39, 0.29) is 0 Å². The first-order chi connectivity index (χ1) is 11.4. The van der Waals surface area contributed by atoms with Crippen molar-refractivity contribution in [2.75, 3.05) is 4.90 Å². The Morgan fingerprint density at radius 2 is 2.00 bits per heavy atom. The highest BCUT2D eigenvalue weighted by Gasteiger charge is 2.33. The lowest BCUT2D eigenvalue weighted by molar-refractivity contribution is 0.0596. The van der Waals surface area contributed by atoms with Gasteiger partial charge in [-0.05, 0) is 45.4 Å². The van der Waals surface area contributed by atoms with E-state index in [4.69, 9.17) is 4.74 Å². The molecule has 1 aliphatic heterocycles. The first kappa shape index (κ1) is 16.5. The number of anilines is 2. The lowest BCUT2D eigenvalue weighted by Crippen LogP contribution is -2.35. The van der Waals surface area contributed by atoms with E-state index < -0.39 is 11.7 Å². The number of allylic oxidation sites excluding steroid dienone is 1. The molecule has 6 heteroatoms. The van der Waals surface area contributed by atoms with Crippen LogP contribution in [0.4, 0.5) is 16.3 Å². The van der Waals surface area contributed by atoms with E-state index in [0.29, 0.717) is 10.8 Å². The predicted molar refractivity (Wildman–Crippen MR) is 95.7 cm³/mol. The van der Waals surface area contributed by atoms with Crippen LogP contribution in [0.5, 0.6) is 0 Å². The first-order valence-corrected chi connectivity index (χ1v) is 8.49. The number of hydrogen-bond acceptors (Lipinski definition) is 5. The van der Waals surface area contributed by atoms with E-state index in [1.165, 1.54) is 16.7 Å². The van der Waals surface area contributed by atoms with Crippen molar-refractivity contribution in [3.63, 3.8) is 0 Å². The van der Waals surface area contributed by atoms with Gasteiger partial charge in [0.05, 0.1) is 5.69 Å². The van der Waals surface area contributed by atoms with Crippen LogP contribution in [-0.4, -0.2) is 21.7 Å². The molecule has 0 unspecified atom stereocenters. The van der Waals surface area contributed by atoms with E-state index in [1.54, 1.807) is 12.4 Å². The number of ether oxygens (including phenoxy) is 1. The molecule has 0 saturated heterocycles. The summed E-state index contributed by atoms with van der Waals surface area (Å²) in [5, 5.41) is 0.689. The maximum atomic E-state index is 12.8. The van der Waals surface area contributed by atoms with E-state index in [1.807, 2.05) is 58.0 Å². The predicted octanol–water partition coefficient (Wildman–Crippen LogP) is 5.05. The van der Waals surface area contributed by atoms with Crippen LogP contribution in [0.2, 0.25) is 0 Å². The van der Waals surface area contributed by atoms with Gasteiger partial charge in [-0.1, -0.05) is 30.0 Å². The maximum absolute atomic E-state index is 12.8. The Labute approximate surface area is 145 Å². The standard InChI is InChI=1S/C18H19N3O2S/c1-5-6-12-7-8-14-13(11-12)21(17(22)23-18(2,3)4)15-16(24-14)20-10-9-19-15/h5-11H,1-4H3/b6-5+. The maximum Gasteiger partial charge on any atom is 0.420 e. The fourth-order valence-electron chi connectivity index (χ4n) is 2.35. The number of carbonyl (C=O) groups is 1. The molecule has 2 heterocycles. The van der Waals surface area contributed by atoms with Crippen LogP contribution >= 0.6 is 11.8 Å². The summed E-state index contributed by atoms with van der Waals surface area (Å²) in [6, 6.07) is 5.97. The Morgan fingerprint density at radius 3 is 2.71 bits per heavy atom. The molecule has 1 aliphatic rings. The lowest BCUT2D eigenvalue weighted by atomic mass is 10.1. The second-order valence-electron chi connectivity index (χ2n) is 6.33. The Balaban J connectivity index is 2.12. The number of nitrogens with zero attached hydrogens (tertiary/aromatic N) is 3. The second-order valence-corrected chi connectivity index (χ2v) is 7.36. The topological polar surface area (TPSA) is 55.3 Å². The molecule has 0 atom stereocenters. The van der Waals surface area contributed by atoms with Crippen molar-refractivity contribution in [2.24, 2.45) is 0 Å². The zero-order valence-electron chi connectivity index (χ0n) is 14.1. The number of carbonyl (C=O) groups excluding carboxylic acids is 1. The molecule has 5 nitrogen and oxygen atoms in total. The molecule has 0 N–H and O–H groups in total. The fourth-order valence-corrected chi connectivity index (χ4v) is 3.29. The Hall–Kier alpha value is -2.34. The van der Waals surface area contributed by atoms with Crippen LogP contribution < -0.4 is 4.90 Å². The van der Waals surface area contributed by atoms with E-state index in [2.05, 4.69) is 9.97 Å². The second kappa shape index (κ2) is 6.28. The van der Waals surface area contributed by atoms with Gasteiger partial charge in [0.1, 0.15) is 10.6 Å². The zero-order valence-corrected chi connectivity index (χ0v) is 14.9. The molecule has 1 amide bonds. The molecule has 1 aromatic carbocycles. The van der Waals surface area contributed by atoms with Gasteiger partial charge in [0.2, 0.25) is 0 Å². The first-order valence-electron chi connectivity index (χ1n) is 7.68. The highest BCUT2D eigenvalue weighted by molar-refractivity contribution is 7.99. The van der Waals surface area contributed by atoms with Gasteiger partial charge in [0.15, 0.2) is 5.82 Å². The fraction of sp³-hybridized carbons (Fsp3) is 0.278. The van der Waals surface area contributed by atoms with Crippen molar-refractivity contribution in [3.8, 4) is 0 Å². The molecule has 0 radical (unpaired) electrons. The molecule has 0 bridgehead atoms. The highest BCUT2D eigenvalue weighted by atomic mass is 32.2. The lowest BCUT2D eigenvalue weighted by Gasteiger charge is -2.31. The summed E-state index contributed by atoms with van der Waals surface area (Å²) in [6.07, 6.45) is 6.70. The molecule has 2 aromatic rings. The Kier molecular flexibility index (Phi) is 4.32. The molecule has 3 rings (SSSR count). The van der Waals surface area contributed by atoms with E-state index in [0.717, 1.165) is 16.1 Å². The minimum Gasteiger partial charge on any atom is -0.443 e. The van der Waals surface area contributed by atoms with Crippen LogP contribution in [-0.2, 0) is 4.74 Å². The average Bonchev–Trinajstić information content (AvgIpc) is 2.51. The molecule has 0 saturated carbocycles. The van der Waals surface area contributed by atoms with Gasteiger partial charge in [-0.25, -0.2) is 19.7 Å². The molecule has 0 spiro atoms. The minimum atomic E-state index is -0.592. The van der Waals surface area contributed by atoms with Crippen molar-refractivity contribution in [1.82, 2.24) is 9.97 Å². The van der Waals surface area contributed by atoms with Gasteiger partial charge in [-0.3, -0.25) is 0 Å². The van der Waals surface area contributed by atoms with Crippen molar-refractivity contribution >= 4 is 35.4 Å². The van der Waals surface area contributed by atoms with Crippen LogP contribution in [0.15, 0.2) is 46.6 Å². The summed E-state index contributed by atoms with van der Waals surface area (Å²) >= 11 is 1.50. The summed E-state index contributed by atoms with van der Waals surface area (Å²) in [4.78, 5) is 24.0. The van der Waals surface area contributed by atoms with E-state index >= 15 is 0 Å². The van der Waals surface area contributed by atoms with Crippen molar-refractivity contribution in [2.45, 2.75) is 43.2 Å². The van der Waals surface area contributed by atoms with Crippen molar-refractivity contribution in [3.05, 3.63) is 42.2 Å². The number of hydrogen-bond donors (Lipinski definition) is 0. The highest BCUT2D eigenvalue weighted by Crippen LogP contribution is 2.46. The monoisotopic (exact) mass is 341 g/mol. The smallest absolute Gasteiger partial charge is 0.420 e. The summed E-state index contributed by atoms with van der Waals surface area (Å²) < 4.78 is 5.58. The van der Waals surface area contributed by atoms with Crippen LogP contribution in [0.25, 0.3) is 6.08 Å². The van der Waals surface area contributed by atoms with Crippen LogP contribution in [0, 0.1) is 0 Å². The third-order valence-corrected chi connectivity index (χ3v) is 4.27. The molecule has 24 heavy (non-hydrogen) atoms. The third kappa shape index (κ3) is 3.28. The van der Waals surface area contributed by atoms with Gasteiger partial charge < -0.3 is 4.74 Å². The molecular weight excluding hydrogens is 322 g/mol. The van der Waals surface area contributed by atoms with Crippen molar-refractivity contribution in [1.29, 1.82) is 0 Å². The zero-order chi connectivity index (χ0) is 17.3. The van der Waals surface area contributed by atoms with Crippen LogP contribution in [0.1, 0.15) is 33.3 Å². The summed E-state index contributed by atoms with van der Waals surface area (Å²) in [6.45, 7) is 7.50. The number of amides is 1. The van der Waals surface area contributed by atoms with Crippen LogP contribution in [0.3, 0.4) is 0 Å². The Morgan fingerprint density at radius 1 is 1.25 bits per heavy atom. The Bertz CT molecular complexity index is 812. The minimum absolute atomic E-state index is 0.455. The number of benzene rings is 1. The molecule has 0 aliphatic carbocycles. The van der Waals surface area contributed by atoms with Gasteiger partial charge in [-0.2, -0.15) is 0 Å². The number of aromatic nitrogens is 2. The van der Waals surface area contributed by atoms with E-state index in [9.17, 15) is 4.79 Å². The normalized spacial score (nSPS) is 13.6. The number of fused-ring (bicyclic) bond motifs is 2. The third-order valence-electron chi connectivity index (χ3n) is 3.22. The summed E-state index contributed by atoms with van der Waals surface area (Å²) in [7, 11) is 0. The molecule has 124 valence electrons.